The van der Waals surface area contributed by atoms with Crippen molar-refractivity contribution in [2.75, 3.05) is 5.32 Å². The summed E-state index contributed by atoms with van der Waals surface area (Å²) < 4.78 is 24.2. The molecule has 5 heterocycles. The van der Waals surface area contributed by atoms with Gasteiger partial charge in [0.2, 0.25) is 5.95 Å². The van der Waals surface area contributed by atoms with Crippen molar-refractivity contribution in [3.8, 4) is 16.9 Å². The standard InChI is InChI=1S/C22H16FN7O/c23-16-3-4-17-19(13-8-18(13)31-17)15(16)10-26-22-25-9-14(21-28-27-11-30(21)22)12-2-1-6-29-7-5-24-20(12)29/h1-7,9,11,13,18H,8,10H2,(H,25,26)/t13-,18?/m0/s1. The molecule has 4 aromatic heterocycles. The number of nitrogens with zero attached hydrogens (tertiary/aromatic N) is 6. The lowest BCUT2D eigenvalue weighted by atomic mass is 10.0. The van der Waals surface area contributed by atoms with Crippen molar-refractivity contribution < 1.29 is 9.13 Å². The van der Waals surface area contributed by atoms with Gasteiger partial charge in [-0.25, -0.2) is 14.4 Å². The lowest BCUT2D eigenvalue weighted by molar-refractivity contribution is 0.318. The largest absolute Gasteiger partial charge is 0.489 e. The fourth-order valence-corrected chi connectivity index (χ4v) is 4.54. The summed E-state index contributed by atoms with van der Waals surface area (Å²) in [5, 5.41) is 11.6. The molecule has 0 radical (unpaired) electrons. The van der Waals surface area contributed by atoms with E-state index in [1.54, 1.807) is 29.2 Å². The molecule has 1 aromatic carbocycles. The van der Waals surface area contributed by atoms with Gasteiger partial charge in [-0.15, -0.1) is 10.2 Å². The normalized spacial score (nSPS) is 18.7. The molecule has 1 N–H and O–H groups in total. The van der Waals surface area contributed by atoms with Gasteiger partial charge in [0.1, 0.15) is 29.6 Å². The highest BCUT2D eigenvalue weighted by atomic mass is 19.1. The first-order valence-corrected chi connectivity index (χ1v) is 10.1. The van der Waals surface area contributed by atoms with Gasteiger partial charge in [0.25, 0.3) is 0 Å². The second-order valence-electron chi connectivity index (χ2n) is 7.89. The maximum atomic E-state index is 14.6. The van der Waals surface area contributed by atoms with Crippen LogP contribution < -0.4 is 10.1 Å². The Morgan fingerprint density at radius 3 is 3.06 bits per heavy atom. The average molecular weight is 413 g/mol. The monoisotopic (exact) mass is 413 g/mol. The van der Waals surface area contributed by atoms with Crippen molar-refractivity contribution in [1.82, 2.24) is 29.0 Å². The molecule has 9 heteroatoms. The van der Waals surface area contributed by atoms with E-state index in [0.29, 0.717) is 29.6 Å². The summed E-state index contributed by atoms with van der Waals surface area (Å²) in [6, 6.07) is 7.13. The molecular formula is C22H16FN7O. The highest BCUT2D eigenvalue weighted by molar-refractivity contribution is 5.85. The summed E-state index contributed by atoms with van der Waals surface area (Å²) in [4.78, 5) is 9.04. The Labute approximate surface area is 175 Å². The molecule has 8 nitrogen and oxygen atoms in total. The minimum Gasteiger partial charge on any atom is -0.489 e. The molecule has 1 unspecified atom stereocenters. The summed E-state index contributed by atoms with van der Waals surface area (Å²) in [6.45, 7) is 0.303. The average Bonchev–Trinajstić information content (AvgIpc) is 3.19. The second-order valence-corrected chi connectivity index (χ2v) is 7.89. The number of nitrogens with one attached hydrogen (secondary N) is 1. The van der Waals surface area contributed by atoms with E-state index >= 15 is 0 Å². The third kappa shape index (κ3) is 2.40. The van der Waals surface area contributed by atoms with Crippen LogP contribution >= 0.6 is 0 Å². The third-order valence-electron chi connectivity index (χ3n) is 6.11. The zero-order chi connectivity index (χ0) is 20.5. The number of fused-ring (bicyclic) bond motifs is 5. The van der Waals surface area contributed by atoms with Crippen LogP contribution in [0.3, 0.4) is 0 Å². The van der Waals surface area contributed by atoms with Crippen molar-refractivity contribution in [3.05, 3.63) is 72.3 Å². The van der Waals surface area contributed by atoms with Crippen LogP contribution in [0.4, 0.5) is 10.3 Å². The van der Waals surface area contributed by atoms with E-state index < -0.39 is 0 Å². The van der Waals surface area contributed by atoms with Crippen LogP contribution in [-0.4, -0.2) is 35.1 Å². The smallest absolute Gasteiger partial charge is 0.210 e. The van der Waals surface area contributed by atoms with Crippen molar-refractivity contribution in [1.29, 1.82) is 0 Å². The Hall–Kier alpha value is -4.01. The second kappa shape index (κ2) is 6.00. The first kappa shape index (κ1) is 16.8. The zero-order valence-corrected chi connectivity index (χ0v) is 16.2. The molecule has 0 saturated heterocycles. The Morgan fingerprint density at radius 1 is 1.13 bits per heavy atom. The highest BCUT2D eigenvalue weighted by Crippen LogP contribution is 2.55. The summed E-state index contributed by atoms with van der Waals surface area (Å²) >= 11 is 0. The minimum atomic E-state index is -0.231. The molecule has 1 saturated carbocycles. The molecule has 152 valence electrons. The Balaban J connectivity index is 1.28. The quantitative estimate of drug-likeness (QED) is 0.486. The van der Waals surface area contributed by atoms with Gasteiger partial charge in [0.05, 0.1) is 0 Å². The third-order valence-corrected chi connectivity index (χ3v) is 6.11. The molecule has 1 aliphatic carbocycles. The summed E-state index contributed by atoms with van der Waals surface area (Å²) in [6.07, 6.45) is 10.1. The van der Waals surface area contributed by atoms with Crippen molar-refractivity contribution in [2.24, 2.45) is 0 Å². The molecular weight excluding hydrogens is 397 g/mol. The van der Waals surface area contributed by atoms with Gasteiger partial charge in [0, 0.05) is 59.5 Å². The van der Waals surface area contributed by atoms with Gasteiger partial charge < -0.3 is 14.5 Å². The van der Waals surface area contributed by atoms with Gasteiger partial charge >= 0.3 is 0 Å². The number of ether oxygens (including phenoxy) is 1. The molecule has 1 fully saturated rings. The van der Waals surface area contributed by atoms with Gasteiger partial charge in [-0.05, 0) is 30.7 Å². The van der Waals surface area contributed by atoms with E-state index in [1.165, 1.54) is 6.07 Å². The fourth-order valence-electron chi connectivity index (χ4n) is 4.54. The number of benzene rings is 1. The van der Waals surface area contributed by atoms with E-state index in [9.17, 15) is 4.39 Å². The maximum Gasteiger partial charge on any atom is 0.210 e. The number of halogens is 1. The van der Waals surface area contributed by atoms with Crippen LogP contribution in [0.5, 0.6) is 5.75 Å². The van der Waals surface area contributed by atoms with E-state index in [0.717, 1.165) is 34.5 Å². The predicted octanol–water partition coefficient (Wildman–Crippen LogP) is 3.44. The lowest BCUT2D eigenvalue weighted by Gasteiger charge is -2.14. The maximum absolute atomic E-state index is 14.6. The number of hydrogen-bond acceptors (Lipinski definition) is 6. The fraction of sp³-hybridized carbons (Fsp3) is 0.182. The molecule has 0 bridgehead atoms. The van der Waals surface area contributed by atoms with E-state index in [4.69, 9.17) is 4.74 Å². The molecule has 7 rings (SSSR count). The van der Waals surface area contributed by atoms with E-state index in [2.05, 4.69) is 25.5 Å². The van der Waals surface area contributed by atoms with Crippen molar-refractivity contribution in [3.63, 3.8) is 0 Å². The molecule has 0 amide bonds. The topological polar surface area (TPSA) is 81.6 Å². The van der Waals surface area contributed by atoms with Gasteiger partial charge in [-0.3, -0.25) is 4.40 Å². The highest BCUT2D eigenvalue weighted by Gasteiger charge is 2.49. The summed E-state index contributed by atoms with van der Waals surface area (Å²) in [5.74, 6) is 1.42. The minimum absolute atomic E-state index is 0.211. The predicted molar refractivity (Wildman–Crippen MR) is 110 cm³/mol. The number of hydrogen-bond donors (Lipinski definition) is 1. The lowest BCUT2D eigenvalue weighted by Crippen LogP contribution is -2.10. The number of rotatable bonds is 4. The van der Waals surface area contributed by atoms with E-state index in [-0.39, 0.29) is 11.9 Å². The van der Waals surface area contributed by atoms with Crippen LogP contribution in [0, 0.1) is 5.82 Å². The van der Waals surface area contributed by atoms with Gasteiger partial charge in [-0.2, -0.15) is 0 Å². The van der Waals surface area contributed by atoms with Crippen LogP contribution in [0.15, 0.2) is 55.4 Å². The Kier molecular flexibility index (Phi) is 3.24. The summed E-state index contributed by atoms with van der Waals surface area (Å²) in [5.41, 5.74) is 4.82. The van der Waals surface area contributed by atoms with Crippen LogP contribution in [0.2, 0.25) is 0 Å². The Morgan fingerprint density at radius 2 is 2.10 bits per heavy atom. The number of anilines is 1. The van der Waals surface area contributed by atoms with Crippen molar-refractivity contribution >= 4 is 17.2 Å². The molecule has 0 spiro atoms. The van der Waals surface area contributed by atoms with Crippen LogP contribution in [0.25, 0.3) is 22.4 Å². The Bertz CT molecular complexity index is 1490. The van der Waals surface area contributed by atoms with Crippen LogP contribution in [0.1, 0.15) is 23.5 Å². The first-order chi connectivity index (χ1) is 15.3. The SMILES string of the molecule is Fc1ccc2c(c1CNc1ncc(-c3cccn4ccnc34)c3nncn13)[C@H]1CC1O2. The molecule has 2 aliphatic rings. The summed E-state index contributed by atoms with van der Waals surface area (Å²) in [7, 11) is 0. The molecule has 31 heavy (non-hydrogen) atoms. The molecule has 2 atom stereocenters. The molecule has 1 aliphatic heterocycles. The van der Waals surface area contributed by atoms with Crippen molar-refractivity contribution in [2.45, 2.75) is 25.0 Å². The van der Waals surface area contributed by atoms with Gasteiger partial charge in [-0.1, -0.05) is 0 Å². The zero-order valence-electron chi connectivity index (χ0n) is 16.2. The number of imidazole rings is 1. The number of aromatic nitrogens is 6. The number of pyridine rings is 1. The van der Waals surface area contributed by atoms with Gasteiger partial charge in [0.15, 0.2) is 5.65 Å². The first-order valence-electron chi connectivity index (χ1n) is 10.1. The molecule has 5 aromatic rings. The van der Waals surface area contributed by atoms with Crippen LogP contribution in [-0.2, 0) is 6.54 Å². The van der Waals surface area contributed by atoms with E-state index in [1.807, 2.05) is 28.9 Å².